The molecule has 0 amide bonds. The summed E-state index contributed by atoms with van der Waals surface area (Å²) in [7, 11) is 0. The Labute approximate surface area is 148 Å². The number of ether oxygens (including phenoxy) is 3. The Balaban J connectivity index is 2.06. The minimum Gasteiger partial charge on any atom is -0.493 e. The lowest BCUT2D eigenvalue weighted by atomic mass is 10.2. The maximum Gasteiger partial charge on any atom is 0.343 e. The molecule has 24 heavy (non-hydrogen) atoms. The van der Waals surface area contributed by atoms with Gasteiger partial charge in [0.05, 0.1) is 28.8 Å². The summed E-state index contributed by atoms with van der Waals surface area (Å²) < 4.78 is 16.3. The SMILES string of the molecule is CCOC(=O)c1ccc(OC(=O)c2ccc(OCC)c(Br)c2)cc1. The first-order chi connectivity index (χ1) is 11.5. The highest BCUT2D eigenvalue weighted by Gasteiger charge is 2.12. The largest absolute Gasteiger partial charge is 0.493 e. The molecule has 0 heterocycles. The molecule has 0 radical (unpaired) electrons. The lowest BCUT2D eigenvalue weighted by molar-refractivity contribution is 0.0526. The molecule has 0 fully saturated rings. The smallest absolute Gasteiger partial charge is 0.343 e. The van der Waals surface area contributed by atoms with E-state index in [4.69, 9.17) is 14.2 Å². The van der Waals surface area contributed by atoms with Crippen molar-refractivity contribution in [3.8, 4) is 11.5 Å². The van der Waals surface area contributed by atoms with Gasteiger partial charge in [0.25, 0.3) is 0 Å². The zero-order chi connectivity index (χ0) is 17.5. The predicted octanol–water partition coefficient (Wildman–Crippen LogP) is 4.24. The number of hydrogen-bond donors (Lipinski definition) is 0. The van der Waals surface area contributed by atoms with Crippen LogP contribution in [0.2, 0.25) is 0 Å². The van der Waals surface area contributed by atoms with E-state index < -0.39 is 11.9 Å². The molecule has 0 unspecified atom stereocenters. The van der Waals surface area contributed by atoms with E-state index in [1.807, 2.05) is 6.92 Å². The van der Waals surface area contributed by atoms with E-state index in [0.717, 1.165) is 0 Å². The molecular formula is C18H17BrO5. The Kier molecular flexibility index (Phi) is 6.37. The second-order valence-corrected chi connectivity index (χ2v) is 5.57. The van der Waals surface area contributed by atoms with Crippen LogP contribution in [-0.2, 0) is 4.74 Å². The van der Waals surface area contributed by atoms with Gasteiger partial charge in [-0.05, 0) is 72.2 Å². The number of esters is 2. The molecule has 5 nitrogen and oxygen atoms in total. The third-order valence-electron chi connectivity index (χ3n) is 3.04. The third-order valence-corrected chi connectivity index (χ3v) is 3.66. The van der Waals surface area contributed by atoms with Gasteiger partial charge < -0.3 is 14.2 Å². The molecule has 2 aromatic rings. The maximum atomic E-state index is 12.2. The number of carbonyl (C=O) groups is 2. The average Bonchev–Trinajstić information content (AvgIpc) is 2.57. The van der Waals surface area contributed by atoms with Gasteiger partial charge in [0, 0.05) is 0 Å². The van der Waals surface area contributed by atoms with E-state index in [-0.39, 0.29) is 0 Å². The molecule has 0 bridgehead atoms. The van der Waals surface area contributed by atoms with E-state index in [1.165, 1.54) is 0 Å². The maximum absolute atomic E-state index is 12.2. The molecule has 2 aromatic carbocycles. The molecular weight excluding hydrogens is 376 g/mol. The van der Waals surface area contributed by atoms with Crippen LogP contribution in [0.15, 0.2) is 46.9 Å². The van der Waals surface area contributed by atoms with Crippen molar-refractivity contribution in [3.63, 3.8) is 0 Å². The topological polar surface area (TPSA) is 61.8 Å². The minimum atomic E-state index is -0.498. The van der Waals surface area contributed by atoms with Crippen LogP contribution in [0.25, 0.3) is 0 Å². The van der Waals surface area contributed by atoms with Crippen LogP contribution in [-0.4, -0.2) is 25.2 Å². The van der Waals surface area contributed by atoms with Crippen LogP contribution in [0.4, 0.5) is 0 Å². The zero-order valence-corrected chi connectivity index (χ0v) is 15.0. The molecule has 0 aliphatic carbocycles. The molecule has 0 spiro atoms. The number of benzene rings is 2. The van der Waals surface area contributed by atoms with Gasteiger partial charge in [-0.2, -0.15) is 0 Å². The van der Waals surface area contributed by atoms with E-state index in [1.54, 1.807) is 49.4 Å². The second kappa shape index (κ2) is 8.49. The van der Waals surface area contributed by atoms with Gasteiger partial charge in [-0.15, -0.1) is 0 Å². The molecule has 0 saturated carbocycles. The third kappa shape index (κ3) is 4.58. The van der Waals surface area contributed by atoms with Crippen molar-refractivity contribution < 1.29 is 23.8 Å². The number of hydrogen-bond acceptors (Lipinski definition) is 5. The van der Waals surface area contributed by atoms with E-state index in [0.29, 0.717) is 40.3 Å². The molecule has 0 saturated heterocycles. The normalized spacial score (nSPS) is 10.1. The first-order valence-electron chi connectivity index (χ1n) is 7.46. The fraction of sp³-hybridized carbons (Fsp3) is 0.222. The molecule has 126 valence electrons. The van der Waals surface area contributed by atoms with Crippen molar-refractivity contribution in [1.29, 1.82) is 0 Å². The summed E-state index contributed by atoms with van der Waals surface area (Å²) in [5.74, 6) is 0.0966. The highest BCUT2D eigenvalue weighted by Crippen LogP contribution is 2.26. The average molecular weight is 393 g/mol. The van der Waals surface area contributed by atoms with Crippen LogP contribution in [0, 0.1) is 0 Å². The van der Waals surface area contributed by atoms with Crippen molar-refractivity contribution in [2.45, 2.75) is 13.8 Å². The van der Waals surface area contributed by atoms with E-state index in [9.17, 15) is 9.59 Å². The Morgan fingerprint density at radius 2 is 1.58 bits per heavy atom. The first-order valence-corrected chi connectivity index (χ1v) is 8.26. The van der Waals surface area contributed by atoms with Crippen molar-refractivity contribution in [1.82, 2.24) is 0 Å². The quantitative estimate of drug-likeness (QED) is 0.543. The Morgan fingerprint density at radius 1 is 0.917 bits per heavy atom. The van der Waals surface area contributed by atoms with Crippen molar-refractivity contribution in [3.05, 3.63) is 58.1 Å². The summed E-state index contributed by atoms with van der Waals surface area (Å²) in [5, 5.41) is 0. The van der Waals surface area contributed by atoms with Crippen LogP contribution < -0.4 is 9.47 Å². The first kappa shape index (κ1) is 18.0. The molecule has 0 aromatic heterocycles. The Bertz CT molecular complexity index is 725. The summed E-state index contributed by atoms with van der Waals surface area (Å²) in [6.07, 6.45) is 0. The standard InChI is InChI=1S/C18H17BrO5/c1-3-22-16-10-7-13(11-15(16)19)18(21)24-14-8-5-12(6-9-14)17(20)23-4-2/h5-11H,3-4H2,1-2H3. The molecule has 6 heteroatoms. The van der Waals surface area contributed by atoms with Crippen LogP contribution in [0.3, 0.4) is 0 Å². The van der Waals surface area contributed by atoms with Gasteiger partial charge in [0.1, 0.15) is 11.5 Å². The summed E-state index contributed by atoms with van der Waals surface area (Å²) in [5.41, 5.74) is 0.792. The van der Waals surface area contributed by atoms with Crippen molar-refractivity contribution >= 4 is 27.9 Å². The molecule has 2 rings (SSSR count). The summed E-state index contributed by atoms with van der Waals surface area (Å²) >= 11 is 3.36. The zero-order valence-electron chi connectivity index (χ0n) is 13.4. The predicted molar refractivity (Wildman–Crippen MR) is 92.7 cm³/mol. The van der Waals surface area contributed by atoms with Gasteiger partial charge >= 0.3 is 11.9 Å². The summed E-state index contributed by atoms with van der Waals surface area (Å²) in [6.45, 7) is 4.47. The van der Waals surface area contributed by atoms with Crippen LogP contribution >= 0.6 is 15.9 Å². The summed E-state index contributed by atoms with van der Waals surface area (Å²) in [6, 6.07) is 11.2. The second-order valence-electron chi connectivity index (χ2n) is 4.71. The van der Waals surface area contributed by atoms with E-state index >= 15 is 0 Å². The van der Waals surface area contributed by atoms with Crippen molar-refractivity contribution in [2.24, 2.45) is 0 Å². The Hall–Kier alpha value is -2.34. The van der Waals surface area contributed by atoms with Gasteiger partial charge in [0.15, 0.2) is 0 Å². The fourth-order valence-corrected chi connectivity index (χ4v) is 2.43. The Morgan fingerprint density at radius 3 is 2.17 bits per heavy atom. The van der Waals surface area contributed by atoms with Crippen LogP contribution in [0.1, 0.15) is 34.6 Å². The van der Waals surface area contributed by atoms with Gasteiger partial charge in [-0.3, -0.25) is 0 Å². The van der Waals surface area contributed by atoms with Gasteiger partial charge in [-0.1, -0.05) is 0 Å². The monoisotopic (exact) mass is 392 g/mol. The lowest BCUT2D eigenvalue weighted by Gasteiger charge is -2.08. The van der Waals surface area contributed by atoms with Crippen molar-refractivity contribution in [2.75, 3.05) is 13.2 Å². The number of rotatable bonds is 6. The molecule has 0 N–H and O–H groups in total. The minimum absolute atomic E-state index is 0.308. The van der Waals surface area contributed by atoms with E-state index in [2.05, 4.69) is 15.9 Å². The number of carbonyl (C=O) groups excluding carboxylic acids is 2. The summed E-state index contributed by atoms with van der Waals surface area (Å²) in [4.78, 5) is 23.8. The van der Waals surface area contributed by atoms with Gasteiger partial charge in [-0.25, -0.2) is 9.59 Å². The molecule has 0 atom stereocenters. The molecule has 0 aliphatic heterocycles. The lowest BCUT2D eigenvalue weighted by Crippen LogP contribution is -2.09. The highest BCUT2D eigenvalue weighted by molar-refractivity contribution is 9.10. The highest BCUT2D eigenvalue weighted by atomic mass is 79.9. The fourth-order valence-electron chi connectivity index (χ4n) is 1.94. The van der Waals surface area contributed by atoms with Gasteiger partial charge in [0.2, 0.25) is 0 Å². The molecule has 0 aliphatic rings. The van der Waals surface area contributed by atoms with Crippen LogP contribution in [0.5, 0.6) is 11.5 Å². The number of halogens is 1.